The Hall–Kier alpha value is -2.10. The molecule has 0 radical (unpaired) electrons. The van der Waals surface area contributed by atoms with Crippen molar-refractivity contribution in [1.82, 2.24) is 0 Å². The Labute approximate surface area is 123 Å². The van der Waals surface area contributed by atoms with Gasteiger partial charge in [0.1, 0.15) is 0 Å². The van der Waals surface area contributed by atoms with Crippen LogP contribution in [0.1, 0.15) is 31.9 Å². The first-order valence-corrected chi connectivity index (χ1v) is 6.78. The van der Waals surface area contributed by atoms with Crippen LogP contribution < -0.4 is 5.32 Å². The van der Waals surface area contributed by atoms with Crippen LogP contribution in [0, 0.1) is 11.6 Å². The molecule has 0 aliphatic rings. The zero-order chi connectivity index (χ0) is 15.6. The summed E-state index contributed by atoms with van der Waals surface area (Å²) in [7, 11) is 0. The van der Waals surface area contributed by atoms with Gasteiger partial charge in [-0.05, 0) is 40.8 Å². The molecule has 0 amide bonds. The van der Waals surface area contributed by atoms with Crippen molar-refractivity contribution in [3.8, 4) is 5.75 Å². The number of halogens is 2. The molecule has 0 atom stereocenters. The van der Waals surface area contributed by atoms with E-state index in [0.717, 1.165) is 17.8 Å². The Morgan fingerprint density at radius 1 is 1.00 bits per heavy atom. The van der Waals surface area contributed by atoms with Crippen LogP contribution in [0.25, 0.3) is 0 Å². The van der Waals surface area contributed by atoms with Crippen LogP contribution in [0.3, 0.4) is 0 Å². The number of hydrogen-bond acceptors (Lipinski definition) is 2. The molecule has 21 heavy (non-hydrogen) atoms. The molecule has 0 aliphatic heterocycles. The minimum Gasteiger partial charge on any atom is -0.503 e. The highest BCUT2D eigenvalue weighted by molar-refractivity contribution is 5.46. The van der Waals surface area contributed by atoms with Gasteiger partial charge in [0.25, 0.3) is 0 Å². The second kappa shape index (κ2) is 5.72. The smallest absolute Gasteiger partial charge is 0.187 e. The third-order valence-electron chi connectivity index (χ3n) is 3.32. The zero-order valence-corrected chi connectivity index (χ0v) is 12.4. The molecule has 0 fully saturated rings. The molecule has 2 aromatic rings. The van der Waals surface area contributed by atoms with Gasteiger partial charge in [-0.25, -0.2) is 8.78 Å². The number of aromatic hydroxyl groups is 1. The van der Waals surface area contributed by atoms with Crippen molar-refractivity contribution in [1.29, 1.82) is 0 Å². The van der Waals surface area contributed by atoms with E-state index in [1.165, 1.54) is 5.56 Å². The lowest BCUT2D eigenvalue weighted by Crippen LogP contribution is -2.10. The van der Waals surface area contributed by atoms with Crippen molar-refractivity contribution in [2.75, 3.05) is 5.32 Å². The number of rotatable bonds is 3. The highest BCUT2D eigenvalue weighted by atomic mass is 19.1. The molecular formula is C17H19F2NO. The van der Waals surface area contributed by atoms with E-state index in [-0.39, 0.29) is 12.0 Å². The fourth-order valence-electron chi connectivity index (χ4n) is 2.01. The molecule has 0 aromatic heterocycles. The van der Waals surface area contributed by atoms with Crippen LogP contribution in [-0.4, -0.2) is 5.11 Å². The lowest BCUT2D eigenvalue weighted by atomic mass is 9.87. The largest absolute Gasteiger partial charge is 0.503 e. The molecule has 0 heterocycles. The van der Waals surface area contributed by atoms with Crippen molar-refractivity contribution in [3.05, 3.63) is 59.2 Å². The normalized spacial score (nSPS) is 11.5. The number of phenols is 1. The first-order chi connectivity index (χ1) is 9.77. The third-order valence-corrected chi connectivity index (χ3v) is 3.32. The summed E-state index contributed by atoms with van der Waals surface area (Å²) in [6, 6.07) is 10.2. The van der Waals surface area contributed by atoms with Gasteiger partial charge < -0.3 is 10.4 Å². The van der Waals surface area contributed by atoms with Crippen molar-refractivity contribution in [2.24, 2.45) is 0 Å². The topological polar surface area (TPSA) is 32.3 Å². The summed E-state index contributed by atoms with van der Waals surface area (Å²) in [6.07, 6.45) is 0. The van der Waals surface area contributed by atoms with Gasteiger partial charge in [-0.15, -0.1) is 0 Å². The first-order valence-electron chi connectivity index (χ1n) is 6.78. The monoisotopic (exact) mass is 291 g/mol. The van der Waals surface area contributed by atoms with Gasteiger partial charge in [-0.2, -0.15) is 0 Å². The second-order valence-corrected chi connectivity index (χ2v) is 6.09. The van der Waals surface area contributed by atoms with Gasteiger partial charge in [-0.3, -0.25) is 0 Å². The zero-order valence-electron chi connectivity index (χ0n) is 12.4. The van der Waals surface area contributed by atoms with Crippen molar-refractivity contribution < 1.29 is 13.9 Å². The summed E-state index contributed by atoms with van der Waals surface area (Å²) in [4.78, 5) is 0. The Morgan fingerprint density at radius 3 is 2.00 bits per heavy atom. The molecule has 0 saturated heterocycles. The van der Waals surface area contributed by atoms with Gasteiger partial charge in [0.05, 0.1) is 0 Å². The van der Waals surface area contributed by atoms with Crippen molar-refractivity contribution in [3.63, 3.8) is 0 Å². The van der Waals surface area contributed by atoms with Crippen molar-refractivity contribution >= 4 is 5.69 Å². The average molecular weight is 291 g/mol. The summed E-state index contributed by atoms with van der Waals surface area (Å²) in [5.41, 5.74) is 2.61. The molecule has 112 valence electrons. The van der Waals surface area contributed by atoms with Gasteiger partial charge in [0.2, 0.25) is 0 Å². The maximum Gasteiger partial charge on any atom is 0.187 e. The van der Waals surface area contributed by atoms with Crippen LogP contribution in [-0.2, 0) is 12.0 Å². The quantitative estimate of drug-likeness (QED) is 0.867. The number of phenolic OH excluding ortho intramolecular Hbond substituents is 1. The second-order valence-electron chi connectivity index (χ2n) is 6.09. The minimum absolute atomic E-state index is 0.0851. The number of benzene rings is 2. The standard InChI is InChI=1S/C17H19F2NO/c1-17(2,3)12-4-6-13(7-5-12)20-10-11-8-14(18)16(21)15(19)9-11/h4-9,20-21H,10H2,1-3H3. The summed E-state index contributed by atoms with van der Waals surface area (Å²) < 4.78 is 26.5. The van der Waals surface area contributed by atoms with Crippen LogP contribution in [0.2, 0.25) is 0 Å². The highest BCUT2D eigenvalue weighted by Crippen LogP contribution is 2.24. The first kappa shape index (κ1) is 15.3. The molecule has 4 heteroatoms. The molecule has 2 nitrogen and oxygen atoms in total. The van der Waals surface area contributed by atoms with E-state index in [2.05, 4.69) is 26.1 Å². The summed E-state index contributed by atoms with van der Waals surface area (Å²) in [5.74, 6) is -2.84. The highest BCUT2D eigenvalue weighted by Gasteiger charge is 2.13. The molecular weight excluding hydrogens is 272 g/mol. The Morgan fingerprint density at radius 2 is 1.52 bits per heavy atom. The van der Waals surface area contributed by atoms with Crippen LogP contribution in [0.15, 0.2) is 36.4 Å². The molecule has 0 saturated carbocycles. The van der Waals surface area contributed by atoms with Gasteiger partial charge >= 0.3 is 0 Å². The molecule has 0 spiro atoms. The maximum atomic E-state index is 13.2. The lowest BCUT2D eigenvalue weighted by Gasteiger charge is -2.19. The van der Waals surface area contributed by atoms with E-state index in [0.29, 0.717) is 5.56 Å². The third kappa shape index (κ3) is 3.72. The molecule has 0 unspecified atom stereocenters. The molecule has 2 N–H and O–H groups in total. The fourth-order valence-corrected chi connectivity index (χ4v) is 2.01. The molecule has 2 rings (SSSR count). The van der Waals surface area contributed by atoms with E-state index in [1.807, 2.05) is 24.3 Å². The maximum absolute atomic E-state index is 13.2. The van der Waals surface area contributed by atoms with Gasteiger partial charge in [-0.1, -0.05) is 32.9 Å². The number of nitrogens with one attached hydrogen (secondary N) is 1. The molecule has 2 aromatic carbocycles. The Kier molecular flexibility index (Phi) is 4.16. The fraction of sp³-hybridized carbons (Fsp3) is 0.294. The predicted octanol–water partition coefficient (Wildman–Crippen LogP) is 4.58. The summed E-state index contributed by atoms with van der Waals surface area (Å²) >= 11 is 0. The van der Waals surface area contributed by atoms with Crippen LogP contribution >= 0.6 is 0 Å². The molecule has 0 bridgehead atoms. The van der Waals surface area contributed by atoms with E-state index < -0.39 is 17.4 Å². The summed E-state index contributed by atoms with van der Waals surface area (Å²) in [5, 5.41) is 12.2. The van der Waals surface area contributed by atoms with E-state index in [4.69, 9.17) is 5.11 Å². The van der Waals surface area contributed by atoms with E-state index in [1.54, 1.807) is 0 Å². The minimum atomic E-state index is -0.949. The number of anilines is 1. The summed E-state index contributed by atoms with van der Waals surface area (Å²) in [6.45, 7) is 6.69. The Bertz CT molecular complexity index is 607. The van der Waals surface area contributed by atoms with Crippen LogP contribution in [0.5, 0.6) is 5.75 Å². The van der Waals surface area contributed by atoms with Gasteiger partial charge in [0, 0.05) is 12.2 Å². The number of hydrogen-bond donors (Lipinski definition) is 2. The predicted molar refractivity (Wildman–Crippen MR) is 80.5 cm³/mol. The average Bonchev–Trinajstić information content (AvgIpc) is 2.42. The van der Waals surface area contributed by atoms with Gasteiger partial charge in [0.15, 0.2) is 17.4 Å². The van der Waals surface area contributed by atoms with E-state index in [9.17, 15) is 8.78 Å². The lowest BCUT2D eigenvalue weighted by molar-refractivity contribution is 0.395. The molecule has 0 aliphatic carbocycles. The van der Waals surface area contributed by atoms with Crippen molar-refractivity contribution in [2.45, 2.75) is 32.7 Å². The Balaban J connectivity index is 2.07. The van der Waals surface area contributed by atoms with Crippen LogP contribution in [0.4, 0.5) is 14.5 Å². The SMILES string of the molecule is CC(C)(C)c1ccc(NCc2cc(F)c(O)c(F)c2)cc1. The van der Waals surface area contributed by atoms with E-state index >= 15 is 0 Å².